The third kappa shape index (κ3) is 2.35. The number of benzene rings is 1. The molecule has 0 amide bonds. The summed E-state index contributed by atoms with van der Waals surface area (Å²) in [5.41, 5.74) is 0. The van der Waals surface area contributed by atoms with Gasteiger partial charge < -0.3 is 9.84 Å². The van der Waals surface area contributed by atoms with Crippen molar-refractivity contribution in [2.24, 2.45) is 0 Å². The van der Waals surface area contributed by atoms with Crippen molar-refractivity contribution in [1.82, 2.24) is 0 Å². The Labute approximate surface area is 72.6 Å². The standard InChI is InChI=1S/C8H7F3O2/c1-4(12)13-7-3-5(9)2-6(10)8(7)11/h2-4,12H,1H3. The summed E-state index contributed by atoms with van der Waals surface area (Å²) >= 11 is 0. The van der Waals surface area contributed by atoms with Gasteiger partial charge in [-0.25, -0.2) is 8.78 Å². The maximum absolute atomic E-state index is 12.8. The molecule has 0 aliphatic heterocycles. The molecule has 1 aromatic carbocycles. The van der Waals surface area contributed by atoms with E-state index in [4.69, 9.17) is 5.11 Å². The molecule has 0 radical (unpaired) electrons. The Balaban J connectivity index is 3.05. The highest BCUT2D eigenvalue weighted by Crippen LogP contribution is 2.21. The van der Waals surface area contributed by atoms with Crippen LogP contribution in [0.15, 0.2) is 12.1 Å². The maximum atomic E-state index is 12.8. The summed E-state index contributed by atoms with van der Waals surface area (Å²) in [6, 6.07) is 1.05. The second kappa shape index (κ2) is 3.66. The van der Waals surface area contributed by atoms with Crippen molar-refractivity contribution in [2.45, 2.75) is 13.2 Å². The van der Waals surface area contributed by atoms with Crippen molar-refractivity contribution in [2.75, 3.05) is 0 Å². The summed E-state index contributed by atoms with van der Waals surface area (Å²) < 4.78 is 42.2. The first kappa shape index (κ1) is 9.85. The molecule has 0 fully saturated rings. The van der Waals surface area contributed by atoms with Gasteiger partial charge in [0.15, 0.2) is 17.9 Å². The van der Waals surface area contributed by atoms with Crippen LogP contribution in [0.2, 0.25) is 0 Å². The lowest BCUT2D eigenvalue weighted by molar-refractivity contribution is -0.00374. The molecule has 0 aromatic heterocycles. The fourth-order valence-electron chi connectivity index (χ4n) is 0.802. The molecule has 72 valence electrons. The van der Waals surface area contributed by atoms with Crippen LogP contribution in [0.1, 0.15) is 6.92 Å². The number of hydrogen-bond donors (Lipinski definition) is 1. The summed E-state index contributed by atoms with van der Waals surface area (Å²) in [7, 11) is 0. The molecule has 0 saturated heterocycles. The van der Waals surface area contributed by atoms with E-state index in [-0.39, 0.29) is 0 Å². The molecular formula is C8H7F3O2. The van der Waals surface area contributed by atoms with Gasteiger partial charge in [-0.3, -0.25) is 0 Å². The minimum atomic E-state index is -1.35. The first-order chi connectivity index (χ1) is 6.00. The molecular weight excluding hydrogens is 185 g/mol. The molecule has 1 N–H and O–H groups in total. The molecule has 0 heterocycles. The number of halogens is 3. The molecule has 13 heavy (non-hydrogen) atoms. The molecule has 1 atom stereocenters. The van der Waals surface area contributed by atoms with Crippen molar-refractivity contribution >= 4 is 0 Å². The zero-order valence-corrected chi connectivity index (χ0v) is 6.72. The van der Waals surface area contributed by atoms with Crippen LogP contribution >= 0.6 is 0 Å². The highest BCUT2D eigenvalue weighted by Gasteiger charge is 2.13. The number of aliphatic hydroxyl groups excluding tert-OH is 1. The third-order valence-electron chi connectivity index (χ3n) is 1.26. The van der Waals surface area contributed by atoms with Crippen LogP contribution in [0.4, 0.5) is 13.2 Å². The van der Waals surface area contributed by atoms with Gasteiger partial charge in [0, 0.05) is 12.1 Å². The van der Waals surface area contributed by atoms with Gasteiger partial charge in [-0.1, -0.05) is 0 Å². The second-order valence-electron chi connectivity index (χ2n) is 2.42. The van der Waals surface area contributed by atoms with E-state index in [1.54, 1.807) is 0 Å². The van der Waals surface area contributed by atoms with Crippen molar-refractivity contribution in [3.8, 4) is 5.75 Å². The topological polar surface area (TPSA) is 29.5 Å². The molecule has 5 heteroatoms. The second-order valence-corrected chi connectivity index (χ2v) is 2.42. The summed E-state index contributed by atoms with van der Waals surface area (Å²) in [4.78, 5) is 0. The molecule has 0 spiro atoms. The number of ether oxygens (including phenoxy) is 1. The summed E-state index contributed by atoms with van der Waals surface area (Å²) in [5, 5.41) is 8.68. The van der Waals surface area contributed by atoms with Crippen LogP contribution in [-0.2, 0) is 0 Å². The predicted molar refractivity (Wildman–Crippen MR) is 38.6 cm³/mol. The van der Waals surface area contributed by atoms with E-state index in [9.17, 15) is 13.2 Å². The number of aliphatic hydroxyl groups is 1. The Kier molecular flexibility index (Phi) is 2.77. The molecule has 0 bridgehead atoms. The van der Waals surface area contributed by atoms with Crippen LogP contribution in [-0.4, -0.2) is 11.4 Å². The molecule has 1 rings (SSSR count). The zero-order valence-electron chi connectivity index (χ0n) is 6.72. The maximum Gasteiger partial charge on any atom is 0.200 e. The fourth-order valence-corrected chi connectivity index (χ4v) is 0.802. The van der Waals surface area contributed by atoms with Crippen LogP contribution in [0, 0.1) is 17.5 Å². The Morgan fingerprint density at radius 1 is 1.31 bits per heavy atom. The summed E-state index contributed by atoms with van der Waals surface area (Å²) in [6.07, 6.45) is -1.32. The fraction of sp³-hybridized carbons (Fsp3) is 0.250. The Morgan fingerprint density at radius 2 is 1.92 bits per heavy atom. The van der Waals surface area contributed by atoms with Crippen LogP contribution in [0.5, 0.6) is 5.75 Å². The van der Waals surface area contributed by atoms with Gasteiger partial charge in [0.2, 0.25) is 5.82 Å². The van der Waals surface area contributed by atoms with Crippen molar-refractivity contribution < 1.29 is 23.0 Å². The summed E-state index contributed by atoms with van der Waals surface area (Å²) in [5.74, 6) is -4.28. The molecule has 0 saturated carbocycles. The quantitative estimate of drug-likeness (QED) is 0.572. The van der Waals surface area contributed by atoms with E-state index in [1.165, 1.54) is 6.92 Å². The average Bonchev–Trinajstić information content (AvgIpc) is 1.98. The van der Waals surface area contributed by atoms with Gasteiger partial charge in [-0.05, 0) is 6.92 Å². The monoisotopic (exact) mass is 192 g/mol. The largest absolute Gasteiger partial charge is 0.462 e. The van der Waals surface area contributed by atoms with Gasteiger partial charge in [0.25, 0.3) is 0 Å². The van der Waals surface area contributed by atoms with Gasteiger partial charge in [0.05, 0.1) is 0 Å². The van der Waals surface area contributed by atoms with Crippen LogP contribution < -0.4 is 4.74 Å². The van der Waals surface area contributed by atoms with E-state index in [0.717, 1.165) is 0 Å². The molecule has 0 aliphatic carbocycles. The SMILES string of the molecule is CC(O)Oc1cc(F)cc(F)c1F. The minimum Gasteiger partial charge on any atom is -0.462 e. The third-order valence-corrected chi connectivity index (χ3v) is 1.26. The molecule has 1 unspecified atom stereocenters. The van der Waals surface area contributed by atoms with Crippen LogP contribution in [0.3, 0.4) is 0 Å². The van der Waals surface area contributed by atoms with Crippen molar-refractivity contribution in [3.63, 3.8) is 0 Å². The average molecular weight is 192 g/mol. The Morgan fingerprint density at radius 3 is 2.46 bits per heavy atom. The lowest BCUT2D eigenvalue weighted by atomic mass is 10.3. The van der Waals surface area contributed by atoms with E-state index in [1.807, 2.05) is 0 Å². The molecule has 2 nitrogen and oxygen atoms in total. The van der Waals surface area contributed by atoms with Gasteiger partial charge >= 0.3 is 0 Å². The highest BCUT2D eigenvalue weighted by molar-refractivity contribution is 5.26. The van der Waals surface area contributed by atoms with Gasteiger partial charge in [-0.2, -0.15) is 4.39 Å². The minimum absolute atomic E-state index is 0.393. The lowest BCUT2D eigenvalue weighted by Crippen LogP contribution is -2.11. The zero-order chi connectivity index (χ0) is 10.0. The predicted octanol–water partition coefficient (Wildman–Crippen LogP) is 1.82. The van der Waals surface area contributed by atoms with E-state index < -0.39 is 29.5 Å². The highest BCUT2D eigenvalue weighted by atomic mass is 19.2. The first-order valence-electron chi connectivity index (χ1n) is 3.50. The molecule has 0 aliphatic rings. The van der Waals surface area contributed by atoms with Gasteiger partial charge in [-0.15, -0.1) is 0 Å². The normalized spacial score (nSPS) is 12.7. The lowest BCUT2D eigenvalue weighted by Gasteiger charge is -2.09. The van der Waals surface area contributed by atoms with Crippen molar-refractivity contribution in [3.05, 3.63) is 29.6 Å². The van der Waals surface area contributed by atoms with Gasteiger partial charge in [0.1, 0.15) is 5.82 Å². The van der Waals surface area contributed by atoms with E-state index in [2.05, 4.69) is 4.74 Å². The van der Waals surface area contributed by atoms with Crippen molar-refractivity contribution in [1.29, 1.82) is 0 Å². The number of rotatable bonds is 2. The van der Waals surface area contributed by atoms with E-state index in [0.29, 0.717) is 12.1 Å². The Hall–Kier alpha value is -1.23. The summed E-state index contributed by atoms with van der Waals surface area (Å²) in [6.45, 7) is 1.20. The Bertz CT molecular complexity index is 313. The molecule has 1 aromatic rings. The van der Waals surface area contributed by atoms with Crippen LogP contribution in [0.25, 0.3) is 0 Å². The van der Waals surface area contributed by atoms with E-state index >= 15 is 0 Å². The first-order valence-corrected chi connectivity index (χ1v) is 3.50. The smallest absolute Gasteiger partial charge is 0.200 e. The number of hydrogen-bond acceptors (Lipinski definition) is 2.